The minimum Gasteiger partial charge on any atom is -0.495 e. The molecule has 0 saturated carbocycles. The maximum atomic E-state index is 14.2. The lowest BCUT2D eigenvalue weighted by Gasteiger charge is -2.44. The van der Waals surface area contributed by atoms with Gasteiger partial charge in [-0.2, -0.15) is 0 Å². The second-order valence-electron chi connectivity index (χ2n) is 14.4. The molecule has 4 bridgehead atoms. The molecule has 3 amide bonds. The van der Waals surface area contributed by atoms with E-state index in [-0.39, 0.29) is 29.7 Å². The number of alkyl carbamates (subject to hydrolysis) is 1. The number of allylic oxidation sites excluding steroid dienone is 2. The number of ether oxygens (including phenoxy) is 7. The first kappa shape index (κ1) is 42.1. The van der Waals surface area contributed by atoms with E-state index in [1.54, 1.807) is 66.1 Å². The molecular weight excluding hydrogens is 710 g/mol. The van der Waals surface area contributed by atoms with Crippen LogP contribution in [0.5, 0.6) is 5.75 Å². The number of nitrogens with one attached hydrogen (secondary N) is 1. The fourth-order valence-electron chi connectivity index (χ4n) is 7.12. The number of benzene rings is 1. The molecule has 9 unspecified atom stereocenters. The number of hydrogen-bond donors (Lipinski definition) is 1. The molecule has 3 aliphatic heterocycles. The van der Waals surface area contributed by atoms with E-state index in [0.29, 0.717) is 17.0 Å². The number of carbonyl (C=O) groups is 4. The molecule has 3 aliphatic rings. The quantitative estimate of drug-likeness (QED) is 0.282. The highest BCUT2D eigenvalue weighted by atomic mass is 35.5. The number of methoxy groups -OCH3 is 4. The summed E-state index contributed by atoms with van der Waals surface area (Å²) in [6.07, 6.45) is 0.782. The predicted molar refractivity (Wildman–Crippen MR) is 197 cm³/mol. The molecule has 1 aromatic rings. The highest BCUT2D eigenvalue weighted by Gasteiger charge is 2.64. The minimum atomic E-state index is -1.32. The van der Waals surface area contributed by atoms with Crippen LogP contribution >= 0.6 is 11.6 Å². The van der Waals surface area contributed by atoms with Gasteiger partial charge in [-0.1, -0.05) is 50.6 Å². The molecule has 14 nitrogen and oxygen atoms in total. The Labute approximate surface area is 317 Å². The van der Waals surface area contributed by atoms with E-state index in [9.17, 15) is 19.2 Å². The lowest BCUT2D eigenvalue weighted by molar-refractivity contribution is -0.162. The summed E-state index contributed by atoms with van der Waals surface area (Å²) in [7, 11) is 9.13. The summed E-state index contributed by atoms with van der Waals surface area (Å²) in [6, 6.07) is 2.52. The van der Waals surface area contributed by atoms with Crippen LogP contribution in [-0.2, 0) is 42.8 Å². The number of halogens is 1. The molecule has 0 aromatic heterocycles. The maximum Gasteiger partial charge on any atom is 0.409 e. The Bertz CT molecular complexity index is 1620. The van der Waals surface area contributed by atoms with E-state index in [2.05, 4.69) is 5.32 Å². The molecule has 0 aliphatic carbocycles. The third kappa shape index (κ3) is 8.51. The number of fused-ring (bicyclic) bond motifs is 5. The SMILES string of the molecule is COc1cc2cc(c1Cl)N(C)C(=O)CC(OC(=O)C(C)N(C)C(=O)C(C)C)C1(C)OC1C(C)C1CC(OC)(NC(=O)O1)C(OC)C=CC=C(C)C2OC. The lowest BCUT2D eigenvalue weighted by Crippen LogP contribution is -2.64. The molecule has 2 fully saturated rings. The van der Waals surface area contributed by atoms with Crippen molar-refractivity contribution >= 4 is 41.2 Å². The van der Waals surface area contributed by atoms with Crippen molar-refractivity contribution in [2.45, 2.75) is 102 Å². The number of epoxide rings is 1. The van der Waals surface area contributed by atoms with Gasteiger partial charge in [-0.25, -0.2) is 9.59 Å². The molecule has 0 spiro atoms. The molecule has 1 N–H and O–H groups in total. The summed E-state index contributed by atoms with van der Waals surface area (Å²) in [5, 5.41) is 3.01. The first-order valence-corrected chi connectivity index (χ1v) is 18.0. The second kappa shape index (κ2) is 16.8. The summed E-state index contributed by atoms with van der Waals surface area (Å²) in [6.45, 7) is 10.5. The van der Waals surface area contributed by atoms with Crippen LogP contribution in [0, 0.1) is 11.8 Å². The van der Waals surface area contributed by atoms with E-state index in [1.165, 1.54) is 38.2 Å². The van der Waals surface area contributed by atoms with Crippen molar-refractivity contribution in [1.82, 2.24) is 10.2 Å². The van der Waals surface area contributed by atoms with Gasteiger partial charge in [-0.3, -0.25) is 14.9 Å². The Kier molecular flexibility index (Phi) is 13.3. The Morgan fingerprint density at radius 3 is 2.38 bits per heavy atom. The van der Waals surface area contributed by atoms with Crippen molar-refractivity contribution in [1.29, 1.82) is 0 Å². The first-order valence-electron chi connectivity index (χ1n) is 17.6. The Hall–Kier alpha value is -3.69. The van der Waals surface area contributed by atoms with E-state index < -0.39 is 71.8 Å². The highest BCUT2D eigenvalue weighted by Crippen LogP contribution is 2.49. The molecule has 4 rings (SSSR count). The molecule has 294 valence electrons. The van der Waals surface area contributed by atoms with Crippen molar-refractivity contribution in [3.05, 3.63) is 46.5 Å². The first-order chi connectivity index (χ1) is 24.9. The monoisotopic (exact) mass is 763 g/mol. The van der Waals surface area contributed by atoms with Crippen molar-refractivity contribution in [3.63, 3.8) is 0 Å². The normalized spacial score (nSPS) is 31.1. The number of nitrogens with zero attached hydrogens (tertiary/aromatic N) is 2. The van der Waals surface area contributed by atoms with Gasteiger partial charge in [-0.05, 0) is 44.0 Å². The van der Waals surface area contributed by atoms with Gasteiger partial charge < -0.3 is 43.0 Å². The van der Waals surface area contributed by atoms with Crippen molar-refractivity contribution in [3.8, 4) is 5.75 Å². The number of likely N-dealkylation sites (N-methyl/N-ethyl adjacent to an activating group) is 1. The van der Waals surface area contributed by atoms with Gasteiger partial charge in [0.1, 0.15) is 46.8 Å². The molecule has 9 atom stereocenters. The summed E-state index contributed by atoms with van der Waals surface area (Å²) in [5.74, 6) is -1.89. The molecule has 1 aromatic carbocycles. The van der Waals surface area contributed by atoms with E-state index in [1.807, 2.05) is 19.9 Å². The van der Waals surface area contributed by atoms with Gasteiger partial charge in [0.2, 0.25) is 11.8 Å². The maximum absolute atomic E-state index is 14.2. The van der Waals surface area contributed by atoms with Crippen LogP contribution in [-0.4, -0.2) is 113 Å². The zero-order valence-corrected chi connectivity index (χ0v) is 33.4. The van der Waals surface area contributed by atoms with Crippen LogP contribution < -0.4 is 15.0 Å². The van der Waals surface area contributed by atoms with Crippen LogP contribution in [0.2, 0.25) is 5.02 Å². The number of rotatable bonds is 8. The Morgan fingerprint density at radius 2 is 1.79 bits per heavy atom. The van der Waals surface area contributed by atoms with E-state index in [0.717, 1.165) is 5.57 Å². The van der Waals surface area contributed by atoms with Crippen molar-refractivity contribution in [2.75, 3.05) is 47.4 Å². The lowest BCUT2D eigenvalue weighted by atomic mass is 9.83. The number of anilines is 1. The van der Waals surface area contributed by atoms with Gasteiger partial charge in [0.05, 0.1) is 25.3 Å². The number of amides is 3. The standard InChI is InChI=1S/C38H54ClN3O11/c1-20(2)34(44)41(7)23(5)35(45)52-29-18-30(43)42(8)25-16-24(17-26(47-9)31(25)39)32(49-11)21(3)14-13-15-28(48-10)38(50-12)19-27(51-36(46)40-38)22(4)33-37(29,6)53-33/h13-17,20,22-23,27-29,32-33H,18-19H2,1-12H3,(H,40,46). The van der Waals surface area contributed by atoms with Crippen LogP contribution in [0.4, 0.5) is 10.5 Å². The molecule has 3 heterocycles. The van der Waals surface area contributed by atoms with Crippen LogP contribution in [0.3, 0.4) is 0 Å². The summed E-state index contributed by atoms with van der Waals surface area (Å²) < 4.78 is 41.6. The summed E-state index contributed by atoms with van der Waals surface area (Å²) in [4.78, 5) is 56.5. The summed E-state index contributed by atoms with van der Waals surface area (Å²) in [5.41, 5.74) is -0.714. The smallest absolute Gasteiger partial charge is 0.409 e. The number of hydrogen-bond acceptors (Lipinski definition) is 11. The Balaban J connectivity index is 1.85. The van der Waals surface area contributed by atoms with Crippen LogP contribution in [0.15, 0.2) is 35.9 Å². The summed E-state index contributed by atoms with van der Waals surface area (Å²) >= 11 is 6.81. The molecule has 2 saturated heterocycles. The van der Waals surface area contributed by atoms with E-state index >= 15 is 0 Å². The zero-order valence-electron chi connectivity index (χ0n) is 32.7. The second-order valence-corrected chi connectivity index (χ2v) is 14.8. The average molecular weight is 764 g/mol. The Morgan fingerprint density at radius 1 is 1.11 bits per heavy atom. The number of carbonyl (C=O) groups excluding carboxylic acids is 4. The van der Waals surface area contributed by atoms with Crippen molar-refractivity contribution in [2.24, 2.45) is 11.8 Å². The minimum absolute atomic E-state index is 0.175. The van der Waals surface area contributed by atoms with Crippen LogP contribution in [0.1, 0.15) is 66.1 Å². The highest BCUT2D eigenvalue weighted by molar-refractivity contribution is 6.35. The van der Waals surface area contributed by atoms with Gasteiger partial charge in [0.25, 0.3) is 0 Å². The molecule has 53 heavy (non-hydrogen) atoms. The van der Waals surface area contributed by atoms with Crippen LogP contribution in [0.25, 0.3) is 0 Å². The fraction of sp³-hybridized carbons (Fsp3) is 0.632. The topological polar surface area (TPSA) is 155 Å². The molecule has 0 radical (unpaired) electrons. The molecule has 15 heteroatoms. The predicted octanol–water partition coefficient (Wildman–Crippen LogP) is 4.97. The van der Waals surface area contributed by atoms with Gasteiger partial charge >= 0.3 is 12.1 Å². The van der Waals surface area contributed by atoms with Gasteiger partial charge in [0.15, 0.2) is 5.72 Å². The largest absolute Gasteiger partial charge is 0.495 e. The van der Waals surface area contributed by atoms with Crippen molar-refractivity contribution < 1.29 is 52.3 Å². The average Bonchev–Trinajstić information content (AvgIpc) is 3.83. The van der Waals surface area contributed by atoms with Gasteiger partial charge in [-0.15, -0.1) is 0 Å². The zero-order chi connectivity index (χ0) is 39.6. The van der Waals surface area contributed by atoms with E-state index in [4.69, 9.17) is 44.8 Å². The third-order valence-corrected chi connectivity index (χ3v) is 11.1. The van der Waals surface area contributed by atoms with Gasteiger partial charge in [0, 0.05) is 53.7 Å². The fourth-order valence-corrected chi connectivity index (χ4v) is 7.44. The third-order valence-electron chi connectivity index (χ3n) is 10.7. The molecular formula is C38H54ClN3O11. The number of esters is 1.